The van der Waals surface area contributed by atoms with Crippen LogP contribution >= 0.6 is 0 Å². The molecule has 13 heavy (non-hydrogen) atoms. The van der Waals surface area contributed by atoms with Crippen LogP contribution in [0, 0.1) is 5.92 Å². The zero-order valence-electron chi connectivity index (χ0n) is 8.83. The average Bonchev–Trinajstić information content (AvgIpc) is 2.18. The highest BCUT2D eigenvalue weighted by Crippen LogP contribution is 2.28. The highest BCUT2D eigenvalue weighted by Gasteiger charge is 2.20. The Balaban J connectivity index is 2.21. The van der Waals surface area contributed by atoms with E-state index in [1.54, 1.807) is 7.11 Å². The monoisotopic (exact) mass is 186 g/mol. The summed E-state index contributed by atoms with van der Waals surface area (Å²) in [6.45, 7) is 1.94. The number of hydrogen-bond acceptors (Lipinski definition) is 2. The third-order valence-corrected chi connectivity index (χ3v) is 3.21. The molecule has 0 bridgehead atoms. The number of methoxy groups -OCH3 is 1. The second-order valence-corrected chi connectivity index (χ2v) is 4.25. The second kappa shape index (κ2) is 5.61. The van der Waals surface area contributed by atoms with Crippen LogP contribution in [0.4, 0.5) is 0 Å². The first-order chi connectivity index (χ1) is 6.24. The van der Waals surface area contributed by atoms with Gasteiger partial charge in [0.2, 0.25) is 0 Å². The maximum absolute atomic E-state index is 9.74. The van der Waals surface area contributed by atoms with Gasteiger partial charge >= 0.3 is 0 Å². The summed E-state index contributed by atoms with van der Waals surface area (Å²) in [6.07, 6.45) is 7.31. The Morgan fingerprint density at radius 1 is 1.31 bits per heavy atom. The van der Waals surface area contributed by atoms with Crippen LogP contribution in [0.3, 0.4) is 0 Å². The summed E-state index contributed by atoms with van der Waals surface area (Å²) in [5.41, 5.74) is 0. The van der Waals surface area contributed by atoms with E-state index in [1.165, 1.54) is 32.1 Å². The molecule has 0 aromatic rings. The van der Waals surface area contributed by atoms with E-state index >= 15 is 0 Å². The molecule has 2 unspecified atom stereocenters. The molecule has 0 amide bonds. The van der Waals surface area contributed by atoms with Crippen LogP contribution in [0.2, 0.25) is 0 Å². The lowest BCUT2D eigenvalue weighted by Gasteiger charge is -2.26. The van der Waals surface area contributed by atoms with Crippen LogP contribution in [0.15, 0.2) is 0 Å². The van der Waals surface area contributed by atoms with Crippen LogP contribution < -0.4 is 0 Å². The van der Waals surface area contributed by atoms with Gasteiger partial charge in [-0.3, -0.25) is 0 Å². The Bertz CT molecular complexity index is 130. The van der Waals surface area contributed by atoms with Crippen LogP contribution in [-0.2, 0) is 4.74 Å². The van der Waals surface area contributed by atoms with Crippen molar-refractivity contribution in [3.05, 3.63) is 0 Å². The predicted molar refractivity (Wildman–Crippen MR) is 53.7 cm³/mol. The van der Waals surface area contributed by atoms with Gasteiger partial charge < -0.3 is 9.84 Å². The molecule has 2 nitrogen and oxygen atoms in total. The molecule has 0 heterocycles. The van der Waals surface area contributed by atoms with Gasteiger partial charge in [0, 0.05) is 7.11 Å². The summed E-state index contributed by atoms with van der Waals surface area (Å²) in [5.74, 6) is 0.737. The summed E-state index contributed by atoms with van der Waals surface area (Å²) >= 11 is 0. The molecule has 1 saturated carbocycles. The Morgan fingerprint density at radius 2 is 1.92 bits per heavy atom. The van der Waals surface area contributed by atoms with Crippen molar-refractivity contribution in [1.82, 2.24) is 0 Å². The van der Waals surface area contributed by atoms with Crippen molar-refractivity contribution in [2.75, 3.05) is 7.11 Å². The SMILES string of the molecule is COC(C)C(O)CC1CCCCC1. The van der Waals surface area contributed by atoms with E-state index in [0.29, 0.717) is 0 Å². The first kappa shape index (κ1) is 11.0. The van der Waals surface area contributed by atoms with Gasteiger partial charge in [0.25, 0.3) is 0 Å². The Morgan fingerprint density at radius 3 is 2.46 bits per heavy atom. The molecule has 1 rings (SSSR count). The zero-order chi connectivity index (χ0) is 9.68. The molecule has 0 aliphatic heterocycles. The number of ether oxygens (including phenoxy) is 1. The molecular weight excluding hydrogens is 164 g/mol. The van der Waals surface area contributed by atoms with Gasteiger partial charge in [-0.1, -0.05) is 32.1 Å². The molecule has 1 N–H and O–H groups in total. The van der Waals surface area contributed by atoms with E-state index in [0.717, 1.165) is 12.3 Å². The van der Waals surface area contributed by atoms with E-state index in [-0.39, 0.29) is 12.2 Å². The van der Waals surface area contributed by atoms with E-state index in [2.05, 4.69) is 0 Å². The maximum Gasteiger partial charge on any atom is 0.0802 e. The standard InChI is InChI=1S/C11H22O2/c1-9(13-2)11(12)8-10-6-4-3-5-7-10/h9-12H,3-8H2,1-2H3. The third kappa shape index (κ3) is 3.65. The minimum absolute atomic E-state index is 0.0121. The van der Waals surface area contributed by atoms with Gasteiger partial charge in [-0.2, -0.15) is 0 Å². The first-order valence-electron chi connectivity index (χ1n) is 5.45. The molecule has 0 spiro atoms. The van der Waals surface area contributed by atoms with E-state index in [1.807, 2.05) is 6.92 Å². The number of aliphatic hydroxyl groups is 1. The smallest absolute Gasteiger partial charge is 0.0802 e. The lowest BCUT2D eigenvalue weighted by atomic mass is 9.84. The molecule has 0 aromatic carbocycles. The largest absolute Gasteiger partial charge is 0.390 e. The van der Waals surface area contributed by atoms with Crippen LogP contribution in [0.5, 0.6) is 0 Å². The second-order valence-electron chi connectivity index (χ2n) is 4.25. The molecule has 0 radical (unpaired) electrons. The lowest BCUT2D eigenvalue weighted by molar-refractivity contribution is -0.0147. The predicted octanol–water partition coefficient (Wildman–Crippen LogP) is 2.35. The number of aliphatic hydroxyl groups excluding tert-OH is 1. The normalized spacial score (nSPS) is 24.2. The van der Waals surface area contributed by atoms with Crippen LogP contribution in [0.1, 0.15) is 45.4 Å². The molecular formula is C11H22O2. The minimum atomic E-state index is -0.270. The minimum Gasteiger partial charge on any atom is -0.390 e. The Hall–Kier alpha value is -0.0800. The third-order valence-electron chi connectivity index (χ3n) is 3.21. The first-order valence-corrected chi connectivity index (χ1v) is 5.45. The zero-order valence-corrected chi connectivity index (χ0v) is 8.83. The lowest BCUT2D eigenvalue weighted by Crippen LogP contribution is -2.28. The molecule has 2 atom stereocenters. The van der Waals surface area contributed by atoms with Gasteiger partial charge in [0.05, 0.1) is 12.2 Å². The van der Waals surface area contributed by atoms with Gasteiger partial charge in [-0.05, 0) is 19.3 Å². The quantitative estimate of drug-likeness (QED) is 0.730. The fraction of sp³-hybridized carbons (Fsp3) is 1.00. The number of hydrogen-bond donors (Lipinski definition) is 1. The molecule has 78 valence electrons. The van der Waals surface area contributed by atoms with Gasteiger partial charge in [0.1, 0.15) is 0 Å². The van der Waals surface area contributed by atoms with E-state index in [9.17, 15) is 5.11 Å². The molecule has 1 aliphatic rings. The summed E-state index contributed by atoms with van der Waals surface area (Å²) < 4.78 is 5.10. The summed E-state index contributed by atoms with van der Waals surface area (Å²) in [5, 5.41) is 9.74. The van der Waals surface area contributed by atoms with Crippen molar-refractivity contribution >= 4 is 0 Å². The highest BCUT2D eigenvalue weighted by atomic mass is 16.5. The van der Waals surface area contributed by atoms with Gasteiger partial charge in [0.15, 0.2) is 0 Å². The Labute approximate surface area is 81.3 Å². The number of rotatable bonds is 4. The molecule has 2 heteroatoms. The van der Waals surface area contributed by atoms with E-state index < -0.39 is 0 Å². The maximum atomic E-state index is 9.74. The summed E-state index contributed by atoms with van der Waals surface area (Å²) in [4.78, 5) is 0. The highest BCUT2D eigenvalue weighted by molar-refractivity contribution is 4.72. The van der Waals surface area contributed by atoms with Crippen molar-refractivity contribution < 1.29 is 9.84 Å². The van der Waals surface area contributed by atoms with Gasteiger partial charge in [-0.15, -0.1) is 0 Å². The molecule has 1 aliphatic carbocycles. The van der Waals surface area contributed by atoms with Crippen molar-refractivity contribution in [3.8, 4) is 0 Å². The average molecular weight is 186 g/mol. The van der Waals surface area contributed by atoms with Crippen molar-refractivity contribution in [2.45, 2.75) is 57.7 Å². The van der Waals surface area contributed by atoms with Crippen molar-refractivity contribution in [1.29, 1.82) is 0 Å². The summed E-state index contributed by atoms with van der Waals surface area (Å²) in [7, 11) is 1.66. The molecule has 1 fully saturated rings. The van der Waals surface area contributed by atoms with Crippen LogP contribution in [-0.4, -0.2) is 24.4 Å². The molecule has 0 aromatic heterocycles. The van der Waals surface area contributed by atoms with E-state index in [4.69, 9.17) is 4.74 Å². The van der Waals surface area contributed by atoms with Crippen molar-refractivity contribution in [3.63, 3.8) is 0 Å². The Kier molecular flexibility index (Phi) is 4.74. The van der Waals surface area contributed by atoms with Gasteiger partial charge in [-0.25, -0.2) is 0 Å². The summed E-state index contributed by atoms with van der Waals surface area (Å²) in [6, 6.07) is 0. The fourth-order valence-electron chi connectivity index (χ4n) is 2.11. The topological polar surface area (TPSA) is 29.5 Å². The van der Waals surface area contributed by atoms with Crippen LogP contribution in [0.25, 0.3) is 0 Å². The molecule has 0 saturated heterocycles. The fourth-order valence-corrected chi connectivity index (χ4v) is 2.11. The van der Waals surface area contributed by atoms with Crippen molar-refractivity contribution in [2.24, 2.45) is 5.92 Å².